The molecule has 0 bridgehead atoms. The average Bonchev–Trinajstić information content (AvgIpc) is 3.27. The van der Waals surface area contributed by atoms with Gasteiger partial charge in [0.05, 0.1) is 17.3 Å². The lowest BCUT2D eigenvalue weighted by Crippen LogP contribution is -2.32. The lowest BCUT2D eigenvalue weighted by molar-refractivity contribution is -0.153. The SMILES string of the molecule is CC(C)n1nccc1NC(=O)[C@H](C)OC(=O)CCCN1C(=O)c2ccccc2C1=O. The van der Waals surface area contributed by atoms with Crippen molar-refractivity contribution in [3.8, 4) is 0 Å². The molecule has 3 rings (SSSR count). The van der Waals surface area contributed by atoms with Crippen molar-refractivity contribution in [2.45, 2.75) is 45.8 Å². The normalized spacial score (nSPS) is 14.1. The van der Waals surface area contributed by atoms with Gasteiger partial charge in [0.15, 0.2) is 6.10 Å². The Morgan fingerprint density at radius 2 is 1.70 bits per heavy atom. The molecule has 0 aliphatic carbocycles. The maximum absolute atomic E-state index is 12.3. The van der Waals surface area contributed by atoms with E-state index in [9.17, 15) is 19.2 Å². The van der Waals surface area contributed by atoms with Crippen molar-refractivity contribution >= 4 is 29.5 Å². The van der Waals surface area contributed by atoms with Crippen LogP contribution < -0.4 is 5.32 Å². The van der Waals surface area contributed by atoms with Crippen LogP contribution in [0.3, 0.4) is 0 Å². The Bertz CT molecular complexity index is 946. The van der Waals surface area contributed by atoms with Gasteiger partial charge in [0, 0.05) is 25.1 Å². The van der Waals surface area contributed by atoms with E-state index in [0.29, 0.717) is 16.9 Å². The number of hydrogen-bond donors (Lipinski definition) is 1. The minimum absolute atomic E-state index is 0.0189. The van der Waals surface area contributed by atoms with E-state index in [1.165, 1.54) is 6.92 Å². The number of ether oxygens (including phenoxy) is 1. The van der Waals surface area contributed by atoms with Crippen LogP contribution in [0, 0.1) is 0 Å². The molecular formula is C21H24N4O5. The van der Waals surface area contributed by atoms with Gasteiger partial charge in [-0.2, -0.15) is 5.10 Å². The highest BCUT2D eigenvalue weighted by molar-refractivity contribution is 6.21. The summed E-state index contributed by atoms with van der Waals surface area (Å²) in [6.45, 7) is 5.45. The van der Waals surface area contributed by atoms with Crippen LogP contribution in [0.15, 0.2) is 36.5 Å². The Morgan fingerprint density at radius 1 is 1.07 bits per heavy atom. The molecule has 0 spiro atoms. The van der Waals surface area contributed by atoms with E-state index in [0.717, 1.165) is 4.90 Å². The summed E-state index contributed by atoms with van der Waals surface area (Å²) in [7, 11) is 0. The molecule has 158 valence electrons. The van der Waals surface area contributed by atoms with E-state index in [4.69, 9.17) is 4.74 Å². The Balaban J connectivity index is 1.46. The number of carbonyl (C=O) groups is 4. The van der Waals surface area contributed by atoms with Gasteiger partial charge in [-0.1, -0.05) is 12.1 Å². The number of esters is 1. The Labute approximate surface area is 174 Å². The van der Waals surface area contributed by atoms with E-state index in [-0.39, 0.29) is 37.2 Å². The van der Waals surface area contributed by atoms with Crippen LogP contribution >= 0.6 is 0 Å². The van der Waals surface area contributed by atoms with Gasteiger partial charge in [-0.05, 0) is 39.3 Å². The number of nitrogens with one attached hydrogen (secondary N) is 1. The highest BCUT2D eigenvalue weighted by atomic mass is 16.5. The van der Waals surface area contributed by atoms with E-state index < -0.39 is 18.0 Å². The van der Waals surface area contributed by atoms with Crippen molar-refractivity contribution in [1.29, 1.82) is 0 Å². The molecule has 9 heteroatoms. The monoisotopic (exact) mass is 412 g/mol. The second kappa shape index (κ2) is 8.89. The summed E-state index contributed by atoms with van der Waals surface area (Å²) in [5.41, 5.74) is 0.743. The number of fused-ring (bicyclic) bond motifs is 1. The van der Waals surface area contributed by atoms with Crippen LogP contribution in [0.5, 0.6) is 0 Å². The number of amides is 3. The molecule has 0 radical (unpaired) electrons. The fourth-order valence-electron chi connectivity index (χ4n) is 3.19. The Morgan fingerprint density at radius 3 is 2.30 bits per heavy atom. The zero-order chi connectivity index (χ0) is 21.8. The number of carbonyl (C=O) groups excluding carboxylic acids is 4. The van der Waals surface area contributed by atoms with Crippen molar-refractivity contribution in [1.82, 2.24) is 14.7 Å². The Hall–Kier alpha value is -3.49. The third-order valence-electron chi connectivity index (χ3n) is 4.73. The van der Waals surface area contributed by atoms with Crippen LogP contribution in [0.1, 0.15) is 60.4 Å². The molecule has 1 aliphatic heterocycles. The predicted molar refractivity (Wildman–Crippen MR) is 108 cm³/mol. The van der Waals surface area contributed by atoms with Crippen molar-refractivity contribution < 1.29 is 23.9 Å². The van der Waals surface area contributed by atoms with E-state index in [1.807, 2.05) is 13.8 Å². The van der Waals surface area contributed by atoms with Crippen molar-refractivity contribution in [2.75, 3.05) is 11.9 Å². The van der Waals surface area contributed by atoms with Gasteiger partial charge >= 0.3 is 5.97 Å². The van der Waals surface area contributed by atoms with Gasteiger partial charge in [-0.15, -0.1) is 0 Å². The van der Waals surface area contributed by atoms with E-state index in [1.54, 1.807) is 41.2 Å². The predicted octanol–water partition coefficient (Wildman–Crippen LogP) is 2.41. The number of imide groups is 1. The lowest BCUT2D eigenvalue weighted by Gasteiger charge is -2.16. The fourth-order valence-corrected chi connectivity index (χ4v) is 3.19. The first kappa shape index (κ1) is 21.2. The van der Waals surface area contributed by atoms with Gasteiger partial charge in [0.2, 0.25) is 0 Å². The van der Waals surface area contributed by atoms with Crippen LogP contribution in [0.25, 0.3) is 0 Å². The second-order valence-electron chi connectivity index (χ2n) is 7.29. The maximum atomic E-state index is 12.3. The van der Waals surface area contributed by atoms with Crippen molar-refractivity contribution in [3.63, 3.8) is 0 Å². The van der Waals surface area contributed by atoms with Crippen LogP contribution in [0.4, 0.5) is 5.82 Å². The quantitative estimate of drug-likeness (QED) is 0.527. The zero-order valence-corrected chi connectivity index (χ0v) is 17.1. The first-order valence-electron chi connectivity index (χ1n) is 9.78. The molecule has 1 aromatic carbocycles. The molecule has 1 aromatic heterocycles. The van der Waals surface area contributed by atoms with Gasteiger partial charge in [0.1, 0.15) is 5.82 Å². The number of benzene rings is 1. The van der Waals surface area contributed by atoms with E-state index >= 15 is 0 Å². The molecular weight excluding hydrogens is 388 g/mol. The molecule has 0 fully saturated rings. The first-order chi connectivity index (χ1) is 14.3. The molecule has 2 aromatic rings. The molecule has 2 heterocycles. The summed E-state index contributed by atoms with van der Waals surface area (Å²) in [4.78, 5) is 50.1. The third-order valence-corrected chi connectivity index (χ3v) is 4.73. The van der Waals surface area contributed by atoms with Crippen LogP contribution in [-0.4, -0.2) is 51.0 Å². The summed E-state index contributed by atoms with van der Waals surface area (Å²) in [5.74, 6) is -1.25. The standard InChI is InChI=1S/C21H24N4O5/c1-13(2)25-17(10-11-22-25)23-19(27)14(3)30-18(26)9-6-12-24-20(28)15-7-4-5-8-16(15)21(24)29/h4-5,7-8,10-11,13-14H,6,9,12H2,1-3H3,(H,23,27)/t14-/m0/s1. The van der Waals surface area contributed by atoms with Gasteiger partial charge in [-0.3, -0.25) is 24.1 Å². The summed E-state index contributed by atoms with van der Waals surface area (Å²) < 4.78 is 6.82. The molecule has 3 amide bonds. The number of anilines is 1. The summed E-state index contributed by atoms with van der Waals surface area (Å²) in [6.07, 6.45) is 0.812. The molecule has 0 saturated heterocycles. The number of rotatable bonds is 8. The number of nitrogens with zero attached hydrogens (tertiary/aromatic N) is 3. The minimum atomic E-state index is -0.993. The van der Waals surface area contributed by atoms with Crippen molar-refractivity contribution in [2.24, 2.45) is 0 Å². The van der Waals surface area contributed by atoms with Gasteiger partial charge in [0.25, 0.3) is 17.7 Å². The fraction of sp³-hybridized carbons (Fsp3) is 0.381. The average molecular weight is 412 g/mol. The topological polar surface area (TPSA) is 111 Å². The molecule has 0 saturated carbocycles. The molecule has 1 atom stereocenters. The summed E-state index contributed by atoms with van der Waals surface area (Å²) in [6, 6.07) is 8.34. The highest BCUT2D eigenvalue weighted by Gasteiger charge is 2.34. The summed E-state index contributed by atoms with van der Waals surface area (Å²) >= 11 is 0. The first-order valence-corrected chi connectivity index (χ1v) is 9.78. The summed E-state index contributed by atoms with van der Waals surface area (Å²) in [5, 5.41) is 6.82. The largest absolute Gasteiger partial charge is 0.453 e. The van der Waals surface area contributed by atoms with Crippen LogP contribution in [-0.2, 0) is 14.3 Å². The molecule has 9 nitrogen and oxygen atoms in total. The number of hydrogen-bond acceptors (Lipinski definition) is 6. The molecule has 0 unspecified atom stereocenters. The van der Waals surface area contributed by atoms with Gasteiger partial charge < -0.3 is 10.1 Å². The third kappa shape index (κ3) is 4.40. The van der Waals surface area contributed by atoms with Crippen LogP contribution in [0.2, 0.25) is 0 Å². The lowest BCUT2D eigenvalue weighted by atomic mass is 10.1. The van der Waals surface area contributed by atoms with Crippen molar-refractivity contribution in [3.05, 3.63) is 47.7 Å². The second-order valence-corrected chi connectivity index (χ2v) is 7.29. The Kier molecular flexibility index (Phi) is 6.29. The molecule has 30 heavy (non-hydrogen) atoms. The van der Waals surface area contributed by atoms with Gasteiger partial charge in [-0.25, -0.2) is 4.68 Å². The van der Waals surface area contributed by atoms with E-state index in [2.05, 4.69) is 10.4 Å². The molecule has 1 aliphatic rings. The molecule has 1 N–H and O–H groups in total. The maximum Gasteiger partial charge on any atom is 0.306 e. The minimum Gasteiger partial charge on any atom is -0.453 e. The zero-order valence-electron chi connectivity index (χ0n) is 17.1. The number of aromatic nitrogens is 2. The highest BCUT2D eigenvalue weighted by Crippen LogP contribution is 2.22. The smallest absolute Gasteiger partial charge is 0.306 e.